The number of nitrogens with one attached hydrogen (secondary N) is 1. The van der Waals surface area contributed by atoms with E-state index in [0.29, 0.717) is 13.2 Å². The molecule has 1 N–H and O–H groups in total. The van der Waals surface area contributed by atoms with Crippen LogP contribution in [0.25, 0.3) is 0 Å². The quantitative estimate of drug-likeness (QED) is 0.745. The molecule has 14 heavy (non-hydrogen) atoms. The molecule has 1 saturated heterocycles. The predicted octanol–water partition coefficient (Wildman–Crippen LogP) is 2.01. The Balaban J connectivity index is 2.04. The smallest absolute Gasteiger partial charge is 0.377 e. The van der Waals surface area contributed by atoms with E-state index in [1.54, 1.807) is 0 Å². The van der Waals surface area contributed by atoms with E-state index in [2.05, 4.69) is 5.32 Å². The molecular weight excluding hydrogens is 215 g/mol. The normalized spacial score (nSPS) is 28.3. The summed E-state index contributed by atoms with van der Waals surface area (Å²) in [6.07, 6.45) is 1.00. The van der Waals surface area contributed by atoms with Gasteiger partial charge < -0.3 is 10.1 Å². The minimum Gasteiger partial charge on any atom is -0.377 e. The number of ether oxygens (including phenoxy) is 1. The maximum absolute atomic E-state index is 11.7. The molecule has 0 spiro atoms. The van der Waals surface area contributed by atoms with Crippen LogP contribution in [-0.4, -0.2) is 36.6 Å². The Morgan fingerprint density at radius 1 is 1.50 bits per heavy atom. The molecule has 2 nitrogen and oxygen atoms in total. The number of hydrogen-bond acceptors (Lipinski definition) is 3. The lowest BCUT2D eigenvalue weighted by molar-refractivity contribution is -0.0327. The van der Waals surface area contributed by atoms with Crippen molar-refractivity contribution in [1.29, 1.82) is 0 Å². The van der Waals surface area contributed by atoms with Crippen molar-refractivity contribution in [3.05, 3.63) is 0 Å². The van der Waals surface area contributed by atoms with Gasteiger partial charge in [0, 0.05) is 24.9 Å². The molecule has 0 radical (unpaired) electrons. The zero-order valence-corrected chi connectivity index (χ0v) is 8.75. The highest BCUT2D eigenvalue weighted by molar-refractivity contribution is 8.00. The number of rotatable bonds is 4. The Labute approximate surface area is 85.6 Å². The van der Waals surface area contributed by atoms with E-state index in [0.717, 1.165) is 6.42 Å². The van der Waals surface area contributed by atoms with Crippen LogP contribution in [0, 0.1) is 0 Å². The van der Waals surface area contributed by atoms with E-state index < -0.39 is 5.51 Å². The molecule has 0 amide bonds. The number of halogens is 3. The summed E-state index contributed by atoms with van der Waals surface area (Å²) in [5.74, 6) is 0.0622. The Hall–Kier alpha value is 0.0600. The van der Waals surface area contributed by atoms with Gasteiger partial charge in [-0.2, -0.15) is 13.2 Å². The molecule has 1 aliphatic rings. The number of alkyl halides is 3. The Morgan fingerprint density at radius 3 is 2.71 bits per heavy atom. The molecule has 0 aliphatic carbocycles. The van der Waals surface area contributed by atoms with Crippen LogP contribution in [0.2, 0.25) is 0 Å². The first-order valence-electron chi connectivity index (χ1n) is 4.55. The molecule has 84 valence electrons. The molecule has 0 bridgehead atoms. The standard InChI is InChI=1S/C8H14F3NOS/c1-6-7(2-4-13-6)12-3-5-14-8(9,10)11/h6-7,12H,2-5H2,1H3. The zero-order chi connectivity index (χ0) is 10.6. The fourth-order valence-corrected chi connectivity index (χ4v) is 1.86. The molecular formula is C8H14F3NOS. The van der Waals surface area contributed by atoms with Gasteiger partial charge in [-0.1, -0.05) is 0 Å². The number of thioether (sulfide) groups is 1. The summed E-state index contributed by atoms with van der Waals surface area (Å²) in [6.45, 7) is 3.01. The second kappa shape index (κ2) is 5.23. The fourth-order valence-electron chi connectivity index (χ4n) is 1.41. The van der Waals surface area contributed by atoms with Gasteiger partial charge in [-0.05, 0) is 25.1 Å². The van der Waals surface area contributed by atoms with Crippen molar-refractivity contribution >= 4 is 11.8 Å². The molecule has 2 unspecified atom stereocenters. The molecule has 1 rings (SSSR count). The van der Waals surface area contributed by atoms with Gasteiger partial charge in [0.15, 0.2) is 0 Å². The van der Waals surface area contributed by atoms with Gasteiger partial charge >= 0.3 is 5.51 Å². The van der Waals surface area contributed by atoms with Gasteiger partial charge in [0.1, 0.15) is 0 Å². The first kappa shape index (κ1) is 12.1. The maximum Gasteiger partial charge on any atom is 0.441 e. The highest BCUT2D eigenvalue weighted by atomic mass is 32.2. The predicted molar refractivity (Wildman–Crippen MR) is 50.3 cm³/mol. The van der Waals surface area contributed by atoms with Crippen LogP contribution in [0.4, 0.5) is 13.2 Å². The van der Waals surface area contributed by atoms with Crippen molar-refractivity contribution in [3.8, 4) is 0 Å². The van der Waals surface area contributed by atoms with Crippen LogP contribution >= 0.6 is 11.8 Å². The van der Waals surface area contributed by atoms with Gasteiger partial charge in [-0.3, -0.25) is 0 Å². The van der Waals surface area contributed by atoms with Crippen LogP contribution < -0.4 is 5.32 Å². The third-order valence-electron chi connectivity index (χ3n) is 2.15. The van der Waals surface area contributed by atoms with Gasteiger partial charge in [-0.15, -0.1) is 0 Å². The summed E-state index contributed by atoms with van der Waals surface area (Å²) >= 11 is 0.0149. The first-order chi connectivity index (χ1) is 6.49. The SMILES string of the molecule is CC1OCCC1NCCSC(F)(F)F. The molecule has 6 heteroatoms. The van der Waals surface area contributed by atoms with Crippen LogP contribution in [-0.2, 0) is 4.74 Å². The molecule has 1 heterocycles. The van der Waals surface area contributed by atoms with E-state index in [1.165, 1.54) is 0 Å². The van der Waals surface area contributed by atoms with Crippen molar-refractivity contribution < 1.29 is 17.9 Å². The summed E-state index contributed by atoms with van der Waals surface area (Å²) in [7, 11) is 0. The van der Waals surface area contributed by atoms with E-state index in [1.807, 2.05) is 6.92 Å². The van der Waals surface area contributed by atoms with E-state index in [4.69, 9.17) is 4.74 Å². The maximum atomic E-state index is 11.7. The second-order valence-corrected chi connectivity index (χ2v) is 4.38. The highest BCUT2D eigenvalue weighted by Crippen LogP contribution is 2.29. The van der Waals surface area contributed by atoms with Crippen molar-refractivity contribution in [2.75, 3.05) is 18.9 Å². The van der Waals surface area contributed by atoms with Crippen LogP contribution in [0.5, 0.6) is 0 Å². The average molecular weight is 229 g/mol. The lowest BCUT2D eigenvalue weighted by Gasteiger charge is -2.15. The van der Waals surface area contributed by atoms with Gasteiger partial charge in [0.2, 0.25) is 0 Å². The van der Waals surface area contributed by atoms with Crippen molar-refractivity contribution in [3.63, 3.8) is 0 Å². The summed E-state index contributed by atoms with van der Waals surface area (Å²) in [6, 6.07) is 0.212. The van der Waals surface area contributed by atoms with Crippen molar-refractivity contribution in [2.24, 2.45) is 0 Å². The lowest BCUT2D eigenvalue weighted by atomic mass is 10.2. The molecule has 0 aromatic rings. The second-order valence-electron chi connectivity index (χ2n) is 3.22. The summed E-state index contributed by atoms with van der Waals surface area (Å²) in [5, 5.41) is 3.06. The molecule has 1 fully saturated rings. The average Bonchev–Trinajstić information content (AvgIpc) is 2.44. The number of hydrogen-bond donors (Lipinski definition) is 1. The third-order valence-corrected chi connectivity index (χ3v) is 2.89. The van der Waals surface area contributed by atoms with E-state index in [9.17, 15) is 13.2 Å². The largest absolute Gasteiger partial charge is 0.441 e. The van der Waals surface area contributed by atoms with Gasteiger partial charge in [0.05, 0.1) is 6.10 Å². The summed E-state index contributed by atoms with van der Waals surface area (Å²) < 4.78 is 40.5. The Kier molecular flexibility index (Phi) is 4.53. The van der Waals surface area contributed by atoms with Crippen molar-refractivity contribution in [2.45, 2.75) is 31.0 Å². The highest BCUT2D eigenvalue weighted by Gasteiger charge is 2.28. The Bertz CT molecular complexity index is 176. The van der Waals surface area contributed by atoms with E-state index >= 15 is 0 Å². The molecule has 0 aromatic heterocycles. The molecule has 2 atom stereocenters. The van der Waals surface area contributed by atoms with E-state index in [-0.39, 0.29) is 29.7 Å². The lowest BCUT2D eigenvalue weighted by Crippen LogP contribution is -2.36. The molecule has 1 aliphatic heterocycles. The molecule has 0 aromatic carbocycles. The Morgan fingerprint density at radius 2 is 2.21 bits per heavy atom. The van der Waals surface area contributed by atoms with Gasteiger partial charge in [-0.25, -0.2) is 0 Å². The first-order valence-corrected chi connectivity index (χ1v) is 5.53. The minimum absolute atomic E-state index is 0.0149. The van der Waals surface area contributed by atoms with Crippen molar-refractivity contribution in [1.82, 2.24) is 5.32 Å². The van der Waals surface area contributed by atoms with Crippen LogP contribution in [0.15, 0.2) is 0 Å². The zero-order valence-electron chi connectivity index (χ0n) is 7.93. The van der Waals surface area contributed by atoms with Crippen LogP contribution in [0.1, 0.15) is 13.3 Å². The fraction of sp³-hybridized carbons (Fsp3) is 1.00. The topological polar surface area (TPSA) is 21.3 Å². The third kappa shape index (κ3) is 4.52. The summed E-state index contributed by atoms with van der Waals surface area (Å²) in [5.41, 5.74) is -4.11. The minimum atomic E-state index is -4.11. The monoisotopic (exact) mass is 229 g/mol. The van der Waals surface area contributed by atoms with Gasteiger partial charge in [0.25, 0.3) is 0 Å². The summed E-state index contributed by atoms with van der Waals surface area (Å²) in [4.78, 5) is 0. The molecule has 0 saturated carbocycles. The van der Waals surface area contributed by atoms with Crippen LogP contribution in [0.3, 0.4) is 0 Å².